The number of carbonyl (C=O) groups is 2. The predicted octanol–water partition coefficient (Wildman–Crippen LogP) is 8.35. The van der Waals surface area contributed by atoms with Crippen LogP contribution in [-0.2, 0) is 16.1 Å². The molecule has 6 nitrogen and oxygen atoms in total. The van der Waals surface area contributed by atoms with Gasteiger partial charge in [0, 0.05) is 15.6 Å². The first-order valence-corrected chi connectivity index (χ1v) is 14.1. The van der Waals surface area contributed by atoms with Crippen LogP contribution in [0.5, 0.6) is 5.75 Å². The van der Waals surface area contributed by atoms with Crippen LogP contribution in [0.2, 0.25) is 10.0 Å². The number of aliphatic imine (C=N–C) groups is 1. The molecule has 3 aromatic rings. The minimum absolute atomic E-state index is 0.0544. The highest BCUT2D eigenvalue weighted by atomic mass is 79.9. The number of nitrogens with zero attached hydrogens (tertiary/aromatic N) is 1. The molecule has 0 saturated carbocycles. The number of amides is 1. The van der Waals surface area contributed by atoms with Crippen LogP contribution in [0.3, 0.4) is 0 Å². The Bertz CT molecular complexity index is 1550. The first kappa shape index (κ1) is 29.0. The van der Waals surface area contributed by atoms with E-state index in [9.17, 15) is 14.7 Å². The van der Waals surface area contributed by atoms with Crippen molar-refractivity contribution < 1.29 is 24.2 Å². The fourth-order valence-corrected chi connectivity index (χ4v) is 5.36. The van der Waals surface area contributed by atoms with E-state index in [1.165, 1.54) is 0 Å². The molecule has 0 spiro atoms. The second-order valence-corrected chi connectivity index (χ2v) is 11.1. The molecule has 0 aliphatic carbocycles. The largest absolute Gasteiger partial charge is 0.506 e. The Kier molecular flexibility index (Phi) is 9.56. The van der Waals surface area contributed by atoms with Gasteiger partial charge in [0.25, 0.3) is 5.91 Å². The molecule has 0 saturated heterocycles. The lowest BCUT2D eigenvalue weighted by Crippen LogP contribution is -2.14. The third kappa shape index (κ3) is 6.94. The molecule has 0 fully saturated rings. The van der Waals surface area contributed by atoms with Gasteiger partial charge in [-0.05, 0) is 67.4 Å². The van der Waals surface area contributed by atoms with E-state index >= 15 is 0 Å². The highest BCUT2D eigenvalue weighted by molar-refractivity contribution is 9.10. The summed E-state index contributed by atoms with van der Waals surface area (Å²) in [6.07, 6.45) is 1.66. The SMILES string of the molecule is CCOC(=O)C1=C(O)/C(=C/c2cc(Br)ccc2OCc2ccc(Cl)c(Cl)c2)SC1=NC(=O)c1ccccc1C. The standard InChI is InChI=1S/C29H22BrCl2NO5S/c1-3-37-29(36)25-26(34)24(39-28(25)33-27(35)20-7-5-4-6-16(20)2)14-18-13-19(30)9-11-23(18)38-15-17-8-10-21(31)22(32)12-17/h4-14,34H,3,15H2,1-2H3/b24-14-,33-28?. The summed E-state index contributed by atoms with van der Waals surface area (Å²) in [5, 5.41) is 12.0. The zero-order valence-corrected chi connectivity index (χ0v) is 24.7. The lowest BCUT2D eigenvalue weighted by molar-refractivity contribution is -0.138. The van der Waals surface area contributed by atoms with Crippen molar-refractivity contribution in [1.82, 2.24) is 0 Å². The molecule has 1 heterocycles. The van der Waals surface area contributed by atoms with Crippen molar-refractivity contribution in [2.45, 2.75) is 20.5 Å². The topological polar surface area (TPSA) is 85.2 Å². The van der Waals surface area contributed by atoms with Crippen LogP contribution in [0, 0.1) is 6.92 Å². The van der Waals surface area contributed by atoms with Gasteiger partial charge in [-0.25, -0.2) is 9.79 Å². The molecule has 0 bridgehead atoms. The number of halogens is 3. The number of hydrogen-bond acceptors (Lipinski definition) is 6. The number of benzene rings is 3. The number of rotatable bonds is 7. The molecule has 1 aliphatic heterocycles. The molecule has 0 aromatic heterocycles. The molecule has 1 amide bonds. The van der Waals surface area contributed by atoms with E-state index in [2.05, 4.69) is 20.9 Å². The smallest absolute Gasteiger partial charge is 0.344 e. The average Bonchev–Trinajstić information content (AvgIpc) is 3.20. The van der Waals surface area contributed by atoms with Gasteiger partial charge in [-0.1, -0.05) is 75.2 Å². The van der Waals surface area contributed by atoms with Crippen LogP contribution in [-0.4, -0.2) is 28.6 Å². The number of carbonyl (C=O) groups excluding carboxylic acids is 2. The van der Waals surface area contributed by atoms with E-state index in [1.54, 1.807) is 56.3 Å². The number of esters is 1. The van der Waals surface area contributed by atoms with Crippen LogP contribution in [0.1, 0.15) is 34.0 Å². The number of thioether (sulfide) groups is 1. The molecule has 1 aliphatic rings. The third-order valence-electron chi connectivity index (χ3n) is 5.59. The summed E-state index contributed by atoms with van der Waals surface area (Å²) in [6, 6.07) is 17.6. The zero-order chi connectivity index (χ0) is 28.1. The Morgan fingerprint density at radius 2 is 1.85 bits per heavy atom. The Morgan fingerprint density at radius 1 is 1.08 bits per heavy atom. The second-order valence-electron chi connectivity index (χ2n) is 8.31. The molecule has 3 aromatic carbocycles. The van der Waals surface area contributed by atoms with Crippen LogP contribution in [0.4, 0.5) is 0 Å². The number of aliphatic hydroxyl groups excluding tert-OH is 1. The summed E-state index contributed by atoms with van der Waals surface area (Å²) >= 11 is 16.6. The Morgan fingerprint density at radius 3 is 2.56 bits per heavy atom. The van der Waals surface area contributed by atoms with Gasteiger partial charge in [-0.3, -0.25) is 4.79 Å². The highest BCUT2D eigenvalue weighted by Crippen LogP contribution is 2.41. The van der Waals surface area contributed by atoms with Crippen molar-refractivity contribution in [2.24, 2.45) is 4.99 Å². The van der Waals surface area contributed by atoms with Gasteiger partial charge in [0.1, 0.15) is 28.7 Å². The van der Waals surface area contributed by atoms with Gasteiger partial charge in [0.2, 0.25) is 0 Å². The van der Waals surface area contributed by atoms with Gasteiger partial charge in [-0.2, -0.15) is 0 Å². The number of aliphatic hydroxyl groups is 1. The van der Waals surface area contributed by atoms with Gasteiger partial charge in [-0.15, -0.1) is 0 Å². The Balaban J connectivity index is 1.69. The third-order valence-corrected chi connectivity index (χ3v) is 7.84. The van der Waals surface area contributed by atoms with Crippen molar-refractivity contribution in [2.75, 3.05) is 6.61 Å². The maximum absolute atomic E-state index is 13.0. The zero-order valence-electron chi connectivity index (χ0n) is 20.8. The van der Waals surface area contributed by atoms with Gasteiger partial charge < -0.3 is 14.6 Å². The van der Waals surface area contributed by atoms with Crippen molar-refractivity contribution in [3.63, 3.8) is 0 Å². The minimum Gasteiger partial charge on any atom is -0.506 e. The summed E-state index contributed by atoms with van der Waals surface area (Å²) in [6.45, 7) is 3.77. The molecule has 10 heteroatoms. The summed E-state index contributed by atoms with van der Waals surface area (Å²) in [5.74, 6) is -1.11. The Hall–Kier alpha value is -3.04. The van der Waals surface area contributed by atoms with E-state index in [0.29, 0.717) is 31.8 Å². The highest BCUT2D eigenvalue weighted by Gasteiger charge is 2.34. The van der Waals surface area contributed by atoms with Crippen LogP contribution >= 0.6 is 50.9 Å². The molecule has 0 unspecified atom stereocenters. The molecule has 200 valence electrons. The van der Waals surface area contributed by atoms with Crippen LogP contribution < -0.4 is 4.74 Å². The summed E-state index contributed by atoms with van der Waals surface area (Å²) in [5.41, 5.74) is 2.42. The number of ether oxygens (including phenoxy) is 2. The van der Waals surface area contributed by atoms with E-state index in [-0.39, 0.29) is 29.6 Å². The molecular weight excluding hydrogens is 625 g/mol. The van der Waals surface area contributed by atoms with Crippen molar-refractivity contribution in [3.05, 3.63) is 114 Å². The van der Waals surface area contributed by atoms with Crippen molar-refractivity contribution in [3.8, 4) is 5.75 Å². The predicted molar refractivity (Wildman–Crippen MR) is 160 cm³/mol. The molecule has 0 atom stereocenters. The van der Waals surface area contributed by atoms with Crippen LogP contribution in [0.25, 0.3) is 6.08 Å². The fraction of sp³-hybridized carbons (Fsp3) is 0.138. The van der Waals surface area contributed by atoms with E-state index in [1.807, 2.05) is 24.3 Å². The summed E-state index contributed by atoms with van der Waals surface area (Å²) in [4.78, 5) is 30.2. The van der Waals surface area contributed by atoms with Gasteiger partial charge in [0.15, 0.2) is 0 Å². The number of aryl methyl sites for hydroxylation is 1. The summed E-state index contributed by atoms with van der Waals surface area (Å²) in [7, 11) is 0. The first-order valence-electron chi connectivity index (χ1n) is 11.7. The molecule has 39 heavy (non-hydrogen) atoms. The first-order chi connectivity index (χ1) is 18.7. The fourth-order valence-electron chi connectivity index (χ4n) is 3.65. The minimum atomic E-state index is -0.771. The number of hydrogen-bond donors (Lipinski definition) is 1. The quantitative estimate of drug-likeness (QED) is 0.260. The molecule has 1 N–H and O–H groups in total. The van der Waals surface area contributed by atoms with E-state index in [4.69, 9.17) is 32.7 Å². The monoisotopic (exact) mass is 645 g/mol. The molecule has 4 rings (SSSR count). The molecular formula is C29H22BrCl2NO5S. The Labute approximate surface area is 248 Å². The lowest BCUT2D eigenvalue weighted by Gasteiger charge is -2.11. The summed E-state index contributed by atoms with van der Waals surface area (Å²) < 4.78 is 12.0. The van der Waals surface area contributed by atoms with E-state index in [0.717, 1.165) is 27.4 Å². The van der Waals surface area contributed by atoms with Gasteiger partial charge in [0.05, 0.1) is 21.6 Å². The van der Waals surface area contributed by atoms with E-state index < -0.39 is 11.9 Å². The van der Waals surface area contributed by atoms with Crippen LogP contribution in [0.15, 0.2) is 86.4 Å². The normalized spacial score (nSPS) is 15.2. The average molecular weight is 647 g/mol. The van der Waals surface area contributed by atoms with Gasteiger partial charge >= 0.3 is 5.97 Å². The van der Waals surface area contributed by atoms with Crippen molar-refractivity contribution >= 4 is 73.9 Å². The molecule has 0 radical (unpaired) electrons. The maximum Gasteiger partial charge on any atom is 0.344 e. The van der Waals surface area contributed by atoms with Crippen molar-refractivity contribution in [1.29, 1.82) is 0 Å². The second kappa shape index (κ2) is 12.9. The maximum atomic E-state index is 13.0. The lowest BCUT2D eigenvalue weighted by atomic mass is 10.1.